The van der Waals surface area contributed by atoms with Gasteiger partial charge in [0, 0.05) is 11.6 Å². The van der Waals surface area contributed by atoms with E-state index >= 15 is 0 Å². The maximum Gasteiger partial charge on any atom is 0.278 e. The lowest BCUT2D eigenvalue weighted by molar-refractivity contribution is -0.385. The number of nitrogens with one attached hydrogen (secondary N) is 1. The van der Waals surface area contributed by atoms with Gasteiger partial charge in [0.25, 0.3) is 11.6 Å². The molecule has 0 aliphatic rings. The van der Waals surface area contributed by atoms with Crippen LogP contribution in [0.4, 0.5) is 5.69 Å². The van der Waals surface area contributed by atoms with Crippen molar-refractivity contribution in [2.75, 3.05) is 0 Å². The Bertz CT molecular complexity index is 711. The Balaban J connectivity index is 2.09. The van der Waals surface area contributed by atoms with E-state index in [-0.39, 0.29) is 11.6 Å². The molecule has 6 nitrogen and oxygen atoms in total. The second-order valence-electron chi connectivity index (χ2n) is 4.38. The van der Waals surface area contributed by atoms with Crippen LogP contribution < -0.4 is 5.43 Å². The topological polar surface area (TPSA) is 84.6 Å². The highest BCUT2D eigenvalue weighted by Crippen LogP contribution is 2.15. The Morgan fingerprint density at radius 2 is 2.00 bits per heavy atom. The van der Waals surface area contributed by atoms with Crippen molar-refractivity contribution in [1.82, 2.24) is 5.43 Å². The van der Waals surface area contributed by atoms with E-state index in [1.54, 1.807) is 36.4 Å². The van der Waals surface area contributed by atoms with Crippen molar-refractivity contribution in [2.45, 2.75) is 6.92 Å². The number of hydrogen-bond acceptors (Lipinski definition) is 4. The quantitative estimate of drug-likeness (QED) is 0.532. The zero-order chi connectivity index (χ0) is 15.2. The Hall–Kier alpha value is -3.02. The van der Waals surface area contributed by atoms with Crippen molar-refractivity contribution in [3.63, 3.8) is 0 Å². The summed E-state index contributed by atoms with van der Waals surface area (Å²) in [5, 5.41) is 14.6. The molecule has 0 radical (unpaired) electrons. The van der Waals surface area contributed by atoms with Gasteiger partial charge in [-0.05, 0) is 25.1 Å². The maximum absolute atomic E-state index is 11.8. The number of nitro benzene ring substituents is 1. The van der Waals surface area contributed by atoms with Gasteiger partial charge in [-0.15, -0.1) is 0 Å². The molecule has 0 aliphatic heterocycles. The Morgan fingerprint density at radius 3 is 2.71 bits per heavy atom. The van der Waals surface area contributed by atoms with E-state index in [1.165, 1.54) is 12.3 Å². The molecule has 0 saturated heterocycles. The van der Waals surface area contributed by atoms with E-state index in [0.29, 0.717) is 11.1 Å². The summed E-state index contributed by atoms with van der Waals surface area (Å²) in [6, 6.07) is 13.2. The van der Waals surface area contributed by atoms with Crippen LogP contribution in [0, 0.1) is 17.0 Å². The van der Waals surface area contributed by atoms with Gasteiger partial charge in [-0.1, -0.05) is 29.8 Å². The van der Waals surface area contributed by atoms with E-state index in [0.717, 1.165) is 5.56 Å². The van der Waals surface area contributed by atoms with Crippen LogP contribution in [0.1, 0.15) is 21.5 Å². The lowest BCUT2D eigenvalue weighted by Gasteiger charge is -2.01. The summed E-state index contributed by atoms with van der Waals surface area (Å²) in [5.41, 5.74) is 4.06. The molecule has 21 heavy (non-hydrogen) atoms. The first-order valence-corrected chi connectivity index (χ1v) is 6.21. The van der Waals surface area contributed by atoms with E-state index in [4.69, 9.17) is 0 Å². The molecule has 0 aliphatic carbocycles. The lowest BCUT2D eigenvalue weighted by atomic mass is 10.1. The number of rotatable bonds is 4. The first kappa shape index (κ1) is 14.4. The van der Waals surface area contributed by atoms with Crippen molar-refractivity contribution >= 4 is 17.8 Å². The minimum Gasteiger partial charge on any atom is -0.267 e. The molecule has 0 saturated carbocycles. The summed E-state index contributed by atoms with van der Waals surface area (Å²) in [5.74, 6) is -0.367. The minimum absolute atomic E-state index is 0.0638. The van der Waals surface area contributed by atoms with Gasteiger partial charge in [0.05, 0.1) is 16.7 Å². The summed E-state index contributed by atoms with van der Waals surface area (Å²) < 4.78 is 0. The Labute approximate surface area is 121 Å². The van der Waals surface area contributed by atoms with Crippen molar-refractivity contribution < 1.29 is 9.72 Å². The first-order chi connectivity index (χ1) is 10.1. The fraction of sp³-hybridized carbons (Fsp3) is 0.0667. The van der Waals surface area contributed by atoms with Crippen LogP contribution in [0.15, 0.2) is 53.6 Å². The molecular weight excluding hydrogens is 270 g/mol. The van der Waals surface area contributed by atoms with Crippen LogP contribution in [0.25, 0.3) is 0 Å². The molecule has 1 N–H and O–H groups in total. The molecular formula is C15H13N3O3. The third-order valence-electron chi connectivity index (χ3n) is 2.78. The van der Waals surface area contributed by atoms with Gasteiger partial charge in [0.15, 0.2) is 0 Å². The third-order valence-corrected chi connectivity index (χ3v) is 2.78. The van der Waals surface area contributed by atoms with Crippen LogP contribution in [0.3, 0.4) is 0 Å². The minimum atomic E-state index is -0.496. The molecule has 0 atom stereocenters. The van der Waals surface area contributed by atoms with Gasteiger partial charge in [0.2, 0.25) is 0 Å². The highest BCUT2D eigenvalue weighted by atomic mass is 16.6. The van der Waals surface area contributed by atoms with Crippen LogP contribution in [0.5, 0.6) is 0 Å². The molecule has 0 spiro atoms. The summed E-state index contributed by atoms with van der Waals surface area (Å²) in [6.07, 6.45) is 1.26. The van der Waals surface area contributed by atoms with E-state index in [2.05, 4.69) is 10.5 Å². The van der Waals surface area contributed by atoms with Gasteiger partial charge >= 0.3 is 0 Å². The summed E-state index contributed by atoms with van der Waals surface area (Å²) >= 11 is 0. The highest BCUT2D eigenvalue weighted by Gasteiger charge is 2.10. The van der Waals surface area contributed by atoms with Gasteiger partial charge in [-0.25, -0.2) is 5.43 Å². The predicted molar refractivity (Wildman–Crippen MR) is 79.3 cm³/mol. The number of carbonyl (C=O) groups is 1. The largest absolute Gasteiger partial charge is 0.278 e. The standard InChI is InChI=1S/C15H13N3O3/c1-11-5-4-7-12(9-11)15(19)17-16-10-13-6-2-3-8-14(13)18(20)21/h2-10H,1H3,(H,17,19)/b16-10+. The molecule has 0 heterocycles. The highest BCUT2D eigenvalue weighted by molar-refractivity contribution is 5.95. The Kier molecular flexibility index (Phi) is 4.40. The number of nitro groups is 1. The molecule has 2 aromatic rings. The van der Waals surface area contributed by atoms with Crippen molar-refractivity contribution in [3.8, 4) is 0 Å². The van der Waals surface area contributed by atoms with E-state index in [1.807, 2.05) is 13.0 Å². The van der Waals surface area contributed by atoms with Crippen molar-refractivity contribution in [2.24, 2.45) is 5.10 Å². The number of hydrogen-bond donors (Lipinski definition) is 1. The maximum atomic E-state index is 11.8. The van der Waals surface area contributed by atoms with Gasteiger partial charge in [0.1, 0.15) is 0 Å². The average Bonchev–Trinajstić information content (AvgIpc) is 2.47. The second kappa shape index (κ2) is 6.42. The fourth-order valence-electron chi connectivity index (χ4n) is 1.77. The lowest BCUT2D eigenvalue weighted by Crippen LogP contribution is -2.17. The van der Waals surface area contributed by atoms with Gasteiger partial charge < -0.3 is 0 Å². The number of nitrogens with zero attached hydrogens (tertiary/aromatic N) is 2. The molecule has 106 valence electrons. The van der Waals surface area contributed by atoms with E-state index < -0.39 is 4.92 Å². The van der Waals surface area contributed by atoms with Crippen LogP contribution in [-0.4, -0.2) is 17.0 Å². The number of hydrazone groups is 1. The summed E-state index contributed by atoms with van der Waals surface area (Å²) in [4.78, 5) is 22.2. The Morgan fingerprint density at radius 1 is 1.24 bits per heavy atom. The third kappa shape index (κ3) is 3.73. The number of aryl methyl sites for hydroxylation is 1. The number of benzene rings is 2. The van der Waals surface area contributed by atoms with Crippen LogP contribution in [0.2, 0.25) is 0 Å². The summed E-state index contributed by atoms with van der Waals surface area (Å²) in [6.45, 7) is 1.88. The molecule has 0 aromatic heterocycles. The van der Waals surface area contributed by atoms with Crippen molar-refractivity contribution in [3.05, 3.63) is 75.3 Å². The monoisotopic (exact) mass is 283 g/mol. The predicted octanol–water partition coefficient (Wildman–Crippen LogP) is 2.67. The smallest absolute Gasteiger partial charge is 0.267 e. The zero-order valence-electron chi connectivity index (χ0n) is 11.3. The van der Waals surface area contributed by atoms with Crippen LogP contribution >= 0.6 is 0 Å². The SMILES string of the molecule is Cc1cccc(C(=O)N/N=C/c2ccccc2[N+](=O)[O-])c1. The first-order valence-electron chi connectivity index (χ1n) is 6.21. The average molecular weight is 283 g/mol. The summed E-state index contributed by atoms with van der Waals surface area (Å²) in [7, 11) is 0. The normalized spacial score (nSPS) is 10.5. The molecule has 0 bridgehead atoms. The van der Waals surface area contributed by atoms with E-state index in [9.17, 15) is 14.9 Å². The molecule has 6 heteroatoms. The van der Waals surface area contributed by atoms with Gasteiger partial charge in [-0.3, -0.25) is 14.9 Å². The molecule has 2 rings (SSSR count). The number of carbonyl (C=O) groups excluding carboxylic acids is 1. The molecule has 1 amide bonds. The molecule has 2 aromatic carbocycles. The molecule has 0 fully saturated rings. The zero-order valence-corrected chi connectivity index (χ0v) is 11.3. The van der Waals surface area contributed by atoms with Crippen molar-refractivity contribution in [1.29, 1.82) is 0 Å². The number of para-hydroxylation sites is 1. The second-order valence-corrected chi connectivity index (χ2v) is 4.38. The fourth-order valence-corrected chi connectivity index (χ4v) is 1.77. The van der Waals surface area contributed by atoms with Gasteiger partial charge in [-0.2, -0.15) is 5.10 Å². The number of amides is 1. The molecule has 0 unspecified atom stereocenters. The van der Waals surface area contributed by atoms with Crippen LogP contribution in [-0.2, 0) is 0 Å².